The molecular weight excluding hydrogens is 338 g/mol. The number of benzene rings is 2. The SMILES string of the molecule is Cc1cc(Oc2ccc([C@@H](C)O)cc2[N+](=O)[O-])ccc1Br. The Kier molecular flexibility index (Phi) is 4.59. The minimum absolute atomic E-state index is 0.145. The van der Waals surface area contributed by atoms with E-state index in [-0.39, 0.29) is 11.4 Å². The lowest BCUT2D eigenvalue weighted by Crippen LogP contribution is -1.97. The van der Waals surface area contributed by atoms with Crippen molar-refractivity contribution in [2.45, 2.75) is 20.0 Å². The normalized spacial score (nSPS) is 12.0. The van der Waals surface area contributed by atoms with E-state index in [2.05, 4.69) is 15.9 Å². The molecule has 0 aromatic heterocycles. The van der Waals surface area contributed by atoms with Crippen LogP contribution in [-0.2, 0) is 0 Å². The minimum atomic E-state index is -0.771. The maximum Gasteiger partial charge on any atom is 0.311 e. The third kappa shape index (κ3) is 3.59. The van der Waals surface area contributed by atoms with Crippen molar-refractivity contribution >= 4 is 21.6 Å². The maximum atomic E-state index is 11.1. The van der Waals surface area contributed by atoms with Crippen molar-refractivity contribution in [2.75, 3.05) is 0 Å². The van der Waals surface area contributed by atoms with E-state index in [4.69, 9.17) is 4.74 Å². The molecule has 0 aliphatic carbocycles. The van der Waals surface area contributed by atoms with E-state index in [1.165, 1.54) is 12.1 Å². The molecule has 0 saturated heterocycles. The average Bonchev–Trinajstić information content (AvgIpc) is 2.43. The van der Waals surface area contributed by atoms with Gasteiger partial charge in [0.15, 0.2) is 0 Å². The summed E-state index contributed by atoms with van der Waals surface area (Å²) in [6, 6.07) is 9.77. The van der Waals surface area contributed by atoms with Gasteiger partial charge in [0, 0.05) is 10.5 Å². The van der Waals surface area contributed by atoms with Crippen molar-refractivity contribution in [1.82, 2.24) is 0 Å². The fraction of sp³-hybridized carbons (Fsp3) is 0.200. The first-order valence-electron chi connectivity index (χ1n) is 6.29. The highest BCUT2D eigenvalue weighted by molar-refractivity contribution is 9.10. The lowest BCUT2D eigenvalue weighted by Gasteiger charge is -2.10. The van der Waals surface area contributed by atoms with E-state index in [9.17, 15) is 15.2 Å². The molecule has 1 atom stereocenters. The summed E-state index contributed by atoms with van der Waals surface area (Å²) in [7, 11) is 0. The predicted molar refractivity (Wildman–Crippen MR) is 82.7 cm³/mol. The van der Waals surface area contributed by atoms with Crippen LogP contribution in [0.3, 0.4) is 0 Å². The third-order valence-electron chi connectivity index (χ3n) is 3.02. The van der Waals surface area contributed by atoms with Crippen LogP contribution in [0.15, 0.2) is 40.9 Å². The van der Waals surface area contributed by atoms with Gasteiger partial charge in [0.25, 0.3) is 0 Å². The van der Waals surface area contributed by atoms with Gasteiger partial charge in [0.1, 0.15) is 5.75 Å². The van der Waals surface area contributed by atoms with E-state index < -0.39 is 11.0 Å². The van der Waals surface area contributed by atoms with Gasteiger partial charge in [-0.05, 0) is 49.2 Å². The third-order valence-corrected chi connectivity index (χ3v) is 3.91. The summed E-state index contributed by atoms with van der Waals surface area (Å²) in [5.41, 5.74) is 1.27. The summed E-state index contributed by atoms with van der Waals surface area (Å²) in [6.07, 6.45) is -0.771. The van der Waals surface area contributed by atoms with Crippen molar-refractivity contribution in [1.29, 1.82) is 0 Å². The Bertz CT molecular complexity index is 685. The zero-order valence-electron chi connectivity index (χ0n) is 11.5. The van der Waals surface area contributed by atoms with E-state index in [1.807, 2.05) is 13.0 Å². The number of hydrogen-bond acceptors (Lipinski definition) is 4. The standard InChI is InChI=1S/C15H14BrNO4/c1-9-7-12(4-5-13(9)16)21-15-6-3-11(10(2)18)8-14(15)17(19)20/h3-8,10,18H,1-2H3/t10-/m1/s1. The number of aliphatic hydroxyl groups excluding tert-OH is 1. The number of aryl methyl sites for hydroxylation is 1. The average molecular weight is 352 g/mol. The van der Waals surface area contributed by atoms with E-state index in [0.717, 1.165) is 10.0 Å². The van der Waals surface area contributed by atoms with Gasteiger partial charge >= 0.3 is 5.69 Å². The Labute approximate surface area is 130 Å². The monoisotopic (exact) mass is 351 g/mol. The number of hydrogen-bond donors (Lipinski definition) is 1. The Morgan fingerprint density at radius 2 is 2.00 bits per heavy atom. The Morgan fingerprint density at radius 1 is 1.29 bits per heavy atom. The van der Waals surface area contributed by atoms with Crippen LogP contribution in [0, 0.1) is 17.0 Å². The summed E-state index contributed by atoms with van der Waals surface area (Å²) in [5.74, 6) is 0.662. The van der Waals surface area contributed by atoms with Gasteiger partial charge in [0.05, 0.1) is 11.0 Å². The molecule has 0 radical (unpaired) electrons. The van der Waals surface area contributed by atoms with Crippen LogP contribution in [0.25, 0.3) is 0 Å². The first kappa shape index (κ1) is 15.5. The molecule has 110 valence electrons. The molecule has 2 rings (SSSR count). The summed E-state index contributed by atoms with van der Waals surface area (Å²) >= 11 is 3.39. The van der Waals surface area contributed by atoms with Crippen LogP contribution in [0.4, 0.5) is 5.69 Å². The fourth-order valence-electron chi connectivity index (χ4n) is 1.83. The van der Waals surface area contributed by atoms with E-state index in [1.54, 1.807) is 25.1 Å². The van der Waals surface area contributed by atoms with Crippen LogP contribution in [0.2, 0.25) is 0 Å². The summed E-state index contributed by atoms with van der Waals surface area (Å²) in [4.78, 5) is 10.6. The van der Waals surface area contributed by atoms with Crippen LogP contribution >= 0.6 is 15.9 Å². The van der Waals surface area contributed by atoms with Gasteiger partial charge < -0.3 is 9.84 Å². The number of nitrogens with zero attached hydrogens (tertiary/aromatic N) is 1. The molecule has 0 bridgehead atoms. The van der Waals surface area contributed by atoms with Crippen LogP contribution in [0.1, 0.15) is 24.2 Å². The molecule has 0 spiro atoms. The van der Waals surface area contributed by atoms with Crippen molar-refractivity contribution in [3.05, 3.63) is 62.1 Å². The van der Waals surface area contributed by atoms with Gasteiger partial charge in [-0.2, -0.15) is 0 Å². The van der Waals surface area contributed by atoms with Crippen molar-refractivity contribution in [3.63, 3.8) is 0 Å². The molecule has 1 N–H and O–H groups in total. The molecule has 0 aliphatic rings. The molecule has 21 heavy (non-hydrogen) atoms. The lowest BCUT2D eigenvalue weighted by atomic mass is 10.1. The summed E-state index contributed by atoms with van der Waals surface area (Å²) in [6.45, 7) is 3.46. The molecule has 2 aromatic carbocycles. The molecule has 0 amide bonds. The first-order chi connectivity index (χ1) is 9.88. The zero-order chi connectivity index (χ0) is 15.6. The molecule has 2 aromatic rings. The number of ether oxygens (including phenoxy) is 1. The smallest absolute Gasteiger partial charge is 0.311 e. The second-order valence-corrected chi connectivity index (χ2v) is 5.53. The van der Waals surface area contributed by atoms with Gasteiger partial charge in [-0.25, -0.2) is 0 Å². The van der Waals surface area contributed by atoms with Crippen LogP contribution in [0.5, 0.6) is 11.5 Å². The molecular formula is C15H14BrNO4. The number of nitro groups is 1. The lowest BCUT2D eigenvalue weighted by molar-refractivity contribution is -0.385. The van der Waals surface area contributed by atoms with Crippen LogP contribution < -0.4 is 4.74 Å². The zero-order valence-corrected chi connectivity index (χ0v) is 13.1. The molecule has 0 unspecified atom stereocenters. The predicted octanol–water partition coefficient (Wildman–Crippen LogP) is 4.51. The Morgan fingerprint density at radius 3 is 2.57 bits per heavy atom. The Balaban J connectivity index is 2.39. The summed E-state index contributed by atoms with van der Waals surface area (Å²) < 4.78 is 6.54. The second kappa shape index (κ2) is 6.24. The minimum Gasteiger partial charge on any atom is -0.450 e. The van der Waals surface area contributed by atoms with Gasteiger partial charge in [-0.15, -0.1) is 0 Å². The van der Waals surface area contributed by atoms with Gasteiger partial charge in [-0.3, -0.25) is 10.1 Å². The molecule has 5 nitrogen and oxygen atoms in total. The number of aliphatic hydroxyl groups is 1. The quantitative estimate of drug-likeness (QED) is 0.649. The molecule has 0 saturated carbocycles. The molecule has 6 heteroatoms. The topological polar surface area (TPSA) is 72.6 Å². The molecule has 0 heterocycles. The van der Waals surface area contributed by atoms with Crippen molar-refractivity contribution in [2.24, 2.45) is 0 Å². The molecule has 0 fully saturated rings. The summed E-state index contributed by atoms with van der Waals surface area (Å²) in [5, 5.41) is 20.7. The van der Waals surface area contributed by atoms with E-state index in [0.29, 0.717) is 11.3 Å². The highest BCUT2D eigenvalue weighted by Gasteiger charge is 2.18. The van der Waals surface area contributed by atoms with Gasteiger partial charge in [-0.1, -0.05) is 22.0 Å². The number of rotatable bonds is 4. The first-order valence-corrected chi connectivity index (χ1v) is 7.08. The second-order valence-electron chi connectivity index (χ2n) is 4.67. The molecule has 0 aliphatic heterocycles. The van der Waals surface area contributed by atoms with E-state index >= 15 is 0 Å². The Hall–Kier alpha value is -1.92. The highest BCUT2D eigenvalue weighted by Crippen LogP contribution is 2.34. The number of halogens is 1. The fourth-order valence-corrected chi connectivity index (χ4v) is 2.08. The van der Waals surface area contributed by atoms with Crippen molar-refractivity contribution in [3.8, 4) is 11.5 Å². The van der Waals surface area contributed by atoms with Gasteiger partial charge in [0.2, 0.25) is 5.75 Å². The largest absolute Gasteiger partial charge is 0.450 e. The number of nitro benzene ring substituents is 1. The maximum absolute atomic E-state index is 11.1. The highest BCUT2D eigenvalue weighted by atomic mass is 79.9. The van der Waals surface area contributed by atoms with Crippen LogP contribution in [-0.4, -0.2) is 10.0 Å². The van der Waals surface area contributed by atoms with Crippen molar-refractivity contribution < 1.29 is 14.8 Å².